The number of aromatic nitrogens is 1. The van der Waals surface area contributed by atoms with Crippen molar-refractivity contribution in [2.24, 2.45) is 0 Å². The van der Waals surface area contributed by atoms with E-state index in [1.165, 1.54) is 0 Å². The minimum atomic E-state index is -0.753. The summed E-state index contributed by atoms with van der Waals surface area (Å²) >= 11 is 0. The van der Waals surface area contributed by atoms with Crippen molar-refractivity contribution >= 4 is 12.0 Å². The molecule has 20 heavy (non-hydrogen) atoms. The molecule has 1 heterocycles. The van der Waals surface area contributed by atoms with Gasteiger partial charge < -0.3 is 15.7 Å². The lowest BCUT2D eigenvalue weighted by Crippen LogP contribution is -2.35. The van der Waals surface area contributed by atoms with Gasteiger partial charge in [-0.1, -0.05) is 18.9 Å². The molecule has 1 aromatic rings. The molecule has 0 saturated carbocycles. The number of carbonyl (C=O) groups excluding carboxylic acids is 1. The van der Waals surface area contributed by atoms with Gasteiger partial charge in [0, 0.05) is 19.2 Å². The van der Waals surface area contributed by atoms with Crippen LogP contribution in [-0.4, -0.2) is 28.6 Å². The van der Waals surface area contributed by atoms with Crippen LogP contribution in [0.5, 0.6) is 0 Å². The van der Waals surface area contributed by atoms with Crippen LogP contribution in [0.2, 0.25) is 0 Å². The molecule has 0 saturated heterocycles. The summed E-state index contributed by atoms with van der Waals surface area (Å²) in [6, 6.07) is 5.34. The van der Waals surface area contributed by atoms with Crippen LogP contribution in [0, 0.1) is 0 Å². The molecule has 0 aliphatic carbocycles. The van der Waals surface area contributed by atoms with Crippen LogP contribution < -0.4 is 10.6 Å². The Balaban J connectivity index is 1.96. The topological polar surface area (TPSA) is 91.3 Å². The molecule has 0 fully saturated rings. The lowest BCUT2D eigenvalue weighted by molar-refractivity contribution is -0.137. The summed E-state index contributed by atoms with van der Waals surface area (Å²) < 4.78 is 0. The molecule has 110 valence electrons. The SMILES string of the molecule is O=C(O)CCCCCCNC(=O)NCc1ccccn1. The number of nitrogens with zero attached hydrogens (tertiary/aromatic N) is 1. The van der Waals surface area contributed by atoms with Crippen LogP contribution in [0.3, 0.4) is 0 Å². The van der Waals surface area contributed by atoms with Gasteiger partial charge in [-0.15, -0.1) is 0 Å². The van der Waals surface area contributed by atoms with Gasteiger partial charge in [-0.05, 0) is 25.0 Å². The van der Waals surface area contributed by atoms with E-state index in [-0.39, 0.29) is 12.5 Å². The standard InChI is InChI=1S/C14H21N3O3/c18-13(19)8-3-1-2-5-10-16-14(20)17-11-12-7-4-6-9-15-12/h4,6-7,9H,1-3,5,8,10-11H2,(H,18,19)(H2,16,17,20). The lowest BCUT2D eigenvalue weighted by Gasteiger charge is -2.07. The zero-order chi connectivity index (χ0) is 14.6. The maximum Gasteiger partial charge on any atom is 0.315 e. The van der Waals surface area contributed by atoms with Crippen molar-refractivity contribution in [2.75, 3.05) is 6.54 Å². The second-order valence-electron chi connectivity index (χ2n) is 4.49. The summed E-state index contributed by atoms with van der Waals surface area (Å²) in [6.45, 7) is 1.01. The Morgan fingerprint density at radius 2 is 1.90 bits per heavy atom. The molecular formula is C14H21N3O3. The highest BCUT2D eigenvalue weighted by Gasteiger charge is 2.00. The van der Waals surface area contributed by atoms with Crippen LogP contribution in [0.4, 0.5) is 4.79 Å². The first-order valence-electron chi connectivity index (χ1n) is 6.82. The summed E-state index contributed by atoms with van der Waals surface area (Å²) in [7, 11) is 0. The highest BCUT2D eigenvalue weighted by Crippen LogP contribution is 2.02. The van der Waals surface area contributed by atoms with E-state index in [0.29, 0.717) is 19.5 Å². The Morgan fingerprint density at radius 1 is 1.10 bits per heavy atom. The fraction of sp³-hybridized carbons (Fsp3) is 0.500. The van der Waals surface area contributed by atoms with Crippen LogP contribution in [0.15, 0.2) is 24.4 Å². The van der Waals surface area contributed by atoms with Gasteiger partial charge in [-0.25, -0.2) is 4.79 Å². The van der Waals surface area contributed by atoms with Crippen molar-refractivity contribution in [3.05, 3.63) is 30.1 Å². The van der Waals surface area contributed by atoms with E-state index in [0.717, 1.165) is 25.0 Å². The number of hydrogen-bond acceptors (Lipinski definition) is 3. The van der Waals surface area contributed by atoms with E-state index in [9.17, 15) is 9.59 Å². The molecular weight excluding hydrogens is 258 g/mol. The zero-order valence-corrected chi connectivity index (χ0v) is 11.5. The van der Waals surface area contributed by atoms with E-state index < -0.39 is 5.97 Å². The number of carboxylic acid groups (broad SMARTS) is 1. The maximum atomic E-state index is 11.5. The fourth-order valence-corrected chi connectivity index (χ4v) is 1.69. The van der Waals surface area contributed by atoms with E-state index in [4.69, 9.17) is 5.11 Å². The summed E-state index contributed by atoms with van der Waals surface area (Å²) in [6.07, 6.45) is 5.26. The Labute approximate surface area is 118 Å². The quantitative estimate of drug-likeness (QED) is 0.602. The van der Waals surface area contributed by atoms with Crippen molar-refractivity contribution in [1.82, 2.24) is 15.6 Å². The fourth-order valence-electron chi connectivity index (χ4n) is 1.69. The highest BCUT2D eigenvalue weighted by molar-refractivity contribution is 5.73. The summed E-state index contributed by atoms with van der Waals surface area (Å²) in [5.41, 5.74) is 0.816. The molecule has 0 atom stereocenters. The molecule has 1 rings (SSSR count). The summed E-state index contributed by atoms with van der Waals surface area (Å²) in [5, 5.41) is 14.0. The van der Waals surface area contributed by atoms with Gasteiger partial charge in [-0.2, -0.15) is 0 Å². The van der Waals surface area contributed by atoms with Crippen molar-refractivity contribution < 1.29 is 14.7 Å². The summed E-state index contributed by atoms with van der Waals surface area (Å²) in [5.74, 6) is -0.753. The third-order valence-electron chi connectivity index (χ3n) is 2.76. The first-order chi connectivity index (χ1) is 9.68. The van der Waals surface area contributed by atoms with Crippen LogP contribution in [0.1, 0.15) is 37.8 Å². The molecule has 0 bridgehead atoms. The number of unbranched alkanes of at least 4 members (excludes halogenated alkanes) is 3. The molecule has 6 nitrogen and oxygen atoms in total. The van der Waals surface area contributed by atoms with Crippen LogP contribution in [0.25, 0.3) is 0 Å². The third-order valence-corrected chi connectivity index (χ3v) is 2.76. The molecule has 0 unspecified atom stereocenters. The number of nitrogens with one attached hydrogen (secondary N) is 2. The number of amides is 2. The third kappa shape index (κ3) is 8.07. The van der Waals surface area contributed by atoms with E-state index in [1.54, 1.807) is 6.20 Å². The van der Waals surface area contributed by atoms with Crippen LogP contribution >= 0.6 is 0 Å². The van der Waals surface area contributed by atoms with Gasteiger partial charge >= 0.3 is 12.0 Å². The Bertz CT molecular complexity index is 409. The predicted octanol–water partition coefficient (Wildman–Crippen LogP) is 1.92. The lowest BCUT2D eigenvalue weighted by atomic mass is 10.1. The van der Waals surface area contributed by atoms with Crippen molar-refractivity contribution in [2.45, 2.75) is 38.6 Å². The predicted molar refractivity (Wildman–Crippen MR) is 75.2 cm³/mol. The number of carbonyl (C=O) groups is 2. The largest absolute Gasteiger partial charge is 0.481 e. The van der Waals surface area contributed by atoms with Gasteiger partial charge in [0.05, 0.1) is 12.2 Å². The Morgan fingerprint density at radius 3 is 2.60 bits per heavy atom. The monoisotopic (exact) mass is 279 g/mol. The number of rotatable bonds is 9. The first kappa shape index (κ1) is 15.9. The van der Waals surface area contributed by atoms with Crippen molar-refractivity contribution in [3.63, 3.8) is 0 Å². The minimum absolute atomic E-state index is 0.207. The zero-order valence-electron chi connectivity index (χ0n) is 11.5. The molecule has 0 radical (unpaired) electrons. The van der Waals surface area contributed by atoms with Crippen LogP contribution in [-0.2, 0) is 11.3 Å². The van der Waals surface area contributed by atoms with Gasteiger partial charge in [0.1, 0.15) is 0 Å². The van der Waals surface area contributed by atoms with E-state index in [1.807, 2.05) is 18.2 Å². The second kappa shape index (κ2) is 9.77. The minimum Gasteiger partial charge on any atom is -0.481 e. The Hall–Kier alpha value is -2.11. The van der Waals surface area contributed by atoms with Crippen molar-refractivity contribution in [1.29, 1.82) is 0 Å². The summed E-state index contributed by atoms with van der Waals surface area (Å²) in [4.78, 5) is 25.9. The van der Waals surface area contributed by atoms with Gasteiger partial charge in [0.2, 0.25) is 0 Å². The molecule has 2 amide bonds. The maximum absolute atomic E-state index is 11.5. The average Bonchev–Trinajstić information content (AvgIpc) is 2.45. The smallest absolute Gasteiger partial charge is 0.315 e. The second-order valence-corrected chi connectivity index (χ2v) is 4.49. The van der Waals surface area contributed by atoms with Crippen molar-refractivity contribution in [3.8, 4) is 0 Å². The van der Waals surface area contributed by atoms with Gasteiger partial charge in [0.25, 0.3) is 0 Å². The molecule has 1 aromatic heterocycles. The van der Waals surface area contributed by atoms with Gasteiger partial charge in [-0.3, -0.25) is 9.78 Å². The molecule has 0 aromatic carbocycles. The number of aliphatic carboxylic acids is 1. The molecule has 6 heteroatoms. The molecule has 0 spiro atoms. The van der Waals surface area contributed by atoms with E-state index in [2.05, 4.69) is 15.6 Å². The first-order valence-corrected chi connectivity index (χ1v) is 6.82. The number of carboxylic acids is 1. The average molecular weight is 279 g/mol. The van der Waals surface area contributed by atoms with E-state index >= 15 is 0 Å². The molecule has 0 aliphatic rings. The number of pyridine rings is 1. The molecule has 3 N–H and O–H groups in total. The highest BCUT2D eigenvalue weighted by atomic mass is 16.4. The normalized spacial score (nSPS) is 10.0. The number of urea groups is 1. The number of hydrogen-bond donors (Lipinski definition) is 3. The molecule has 0 aliphatic heterocycles. The van der Waals surface area contributed by atoms with Gasteiger partial charge in [0.15, 0.2) is 0 Å². The Kier molecular flexibility index (Phi) is 7.79.